The number of carboxylic acids is 1. The fourth-order valence-electron chi connectivity index (χ4n) is 0.224. The van der Waals surface area contributed by atoms with Crippen LogP contribution in [0.4, 0.5) is 0 Å². The van der Waals surface area contributed by atoms with Crippen molar-refractivity contribution in [3.05, 3.63) is 0 Å². The molecule has 0 saturated carbocycles. The van der Waals surface area contributed by atoms with Gasteiger partial charge >= 0.3 is 35.5 Å². The Morgan fingerprint density at radius 1 is 1.67 bits per heavy atom. The average Bonchev–Trinajstić information content (AvgIpc) is 1.66. The van der Waals surface area contributed by atoms with Gasteiger partial charge in [-0.2, -0.15) is 0 Å². The van der Waals surface area contributed by atoms with E-state index in [-0.39, 0.29) is 50.8 Å². The molecule has 0 aromatic carbocycles. The number of carboxylic acid groups (broad SMARTS) is 1. The van der Waals surface area contributed by atoms with Crippen LogP contribution in [-0.4, -0.2) is 36.0 Å². The fraction of sp³-hybridized carbons (Fsp3) is 0.750. The van der Waals surface area contributed by atoms with Crippen LogP contribution in [0.3, 0.4) is 0 Å². The fourth-order valence-corrected chi connectivity index (χ4v) is 0.224. The van der Waals surface area contributed by atoms with Gasteiger partial charge in [-0.25, -0.2) is 4.79 Å². The molecule has 9 heavy (non-hydrogen) atoms. The third kappa shape index (κ3) is 11.8. The predicted molar refractivity (Wildman–Crippen MR) is 26.7 cm³/mol. The van der Waals surface area contributed by atoms with Crippen LogP contribution in [0.25, 0.3) is 0 Å². The van der Waals surface area contributed by atoms with Crippen LogP contribution in [-0.2, 0) is 9.53 Å². The average molecular weight is 144 g/mol. The molecule has 0 aliphatic heterocycles. The van der Waals surface area contributed by atoms with E-state index in [1.807, 2.05) is 0 Å². The van der Waals surface area contributed by atoms with Crippen molar-refractivity contribution in [1.82, 2.24) is 0 Å². The van der Waals surface area contributed by atoms with E-state index < -0.39 is 5.97 Å². The molecule has 2 N–H and O–H groups in total. The summed E-state index contributed by atoms with van der Waals surface area (Å²) in [6.07, 6.45) is 0. The summed E-state index contributed by atoms with van der Waals surface area (Å²) in [5.41, 5.74) is 0. The number of rotatable bonds is 4. The molecule has 50 valence electrons. The van der Waals surface area contributed by atoms with E-state index in [1.54, 1.807) is 0 Å². The predicted octanol–water partition coefficient (Wildman–Crippen LogP) is -3.80. The smallest absolute Gasteiger partial charge is 1.00 e. The third-order valence-electron chi connectivity index (χ3n) is 0.461. The zero-order chi connectivity index (χ0) is 6.41. The summed E-state index contributed by atoms with van der Waals surface area (Å²) >= 11 is 0. The molecule has 0 unspecified atom stereocenters. The van der Waals surface area contributed by atoms with Crippen LogP contribution in [0.1, 0.15) is 1.43 Å². The van der Waals surface area contributed by atoms with Gasteiger partial charge in [0.05, 0.1) is 13.2 Å². The maximum absolute atomic E-state index is 9.67. The van der Waals surface area contributed by atoms with E-state index in [0.29, 0.717) is 0 Å². The molecule has 0 heterocycles. The van der Waals surface area contributed by atoms with Crippen LogP contribution >= 0.6 is 0 Å². The van der Waals surface area contributed by atoms with Crippen molar-refractivity contribution in [2.75, 3.05) is 19.8 Å². The number of ether oxygens (including phenoxy) is 1. The summed E-state index contributed by atoms with van der Waals surface area (Å²) in [5, 5.41) is 16.0. The van der Waals surface area contributed by atoms with E-state index in [1.165, 1.54) is 0 Å². The zero-order valence-electron chi connectivity index (χ0n) is 6.33. The number of hydrogen-bond acceptors (Lipinski definition) is 3. The molecule has 5 heteroatoms. The first-order valence-corrected chi connectivity index (χ1v) is 2.17. The van der Waals surface area contributed by atoms with E-state index in [2.05, 4.69) is 4.74 Å². The van der Waals surface area contributed by atoms with E-state index >= 15 is 0 Å². The van der Waals surface area contributed by atoms with Gasteiger partial charge in [0.1, 0.15) is 6.61 Å². The molecule has 0 spiro atoms. The summed E-state index contributed by atoms with van der Waals surface area (Å²) in [5.74, 6) is -1.02. The Balaban J connectivity index is -0.000000245. The Bertz CT molecular complexity index is 79.7. The quantitative estimate of drug-likeness (QED) is 0.313. The van der Waals surface area contributed by atoms with Crippen molar-refractivity contribution >= 4 is 5.97 Å². The van der Waals surface area contributed by atoms with Crippen molar-refractivity contribution in [3.8, 4) is 0 Å². The van der Waals surface area contributed by atoms with Crippen molar-refractivity contribution in [3.63, 3.8) is 0 Å². The summed E-state index contributed by atoms with van der Waals surface area (Å²) in [7, 11) is 0. The molecule has 0 aliphatic rings. The summed E-state index contributed by atoms with van der Waals surface area (Å²) in [6.45, 7) is -0.375. The summed E-state index contributed by atoms with van der Waals surface area (Å²) < 4.78 is 4.39. The second-order valence-electron chi connectivity index (χ2n) is 1.17. The van der Waals surface area contributed by atoms with Gasteiger partial charge in [-0.15, -0.1) is 0 Å². The Morgan fingerprint density at radius 3 is 2.56 bits per heavy atom. The minimum atomic E-state index is -1.02. The monoisotopic (exact) mass is 144 g/mol. The molecule has 0 fully saturated rings. The molecular weight excluding hydrogens is 135 g/mol. The number of carbonyl (C=O) groups is 1. The van der Waals surface area contributed by atoms with Gasteiger partial charge in [0.25, 0.3) is 0 Å². The molecule has 0 aromatic heterocycles. The molecule has 0 atom stereocenters. The van der Waals surface area contributed by atoms with Crippen LogP contribution in [0.2, 0.25) is 0 Å². The standard InChI is InChI=1S/C4H8O4.Na.H/c5-1-2-8-3-4(6)7;;/h5H,1-3H2,(H,6,7);;/q;+1;-1. The first-order valence-electron chi connectivity index (χ1n) is 2.17. The second-order valence-corrected chi connectivity index (χ2v) is 1.17. The number of aliphatic carboxylic acids is 1. The molecule has 0 radical (unpaired) electrons. The molecule has 4 nitrogen and oxygen atoms in total. The van der Waals surface area contributed by atoms with Gasteiger partial charge in [-0.1, -0.05) is 0 Å². The number of aliphatic hydroxyl groups is 1. The van der Waals surface area contributed by atoms with Gasteiger partial charge in [-0.3, -0.25) is 0 Å². The maximum atomic E-state index is 9.67. The molecule has 0 aromatic rings. The minimum absolute atomic E-state index is 0. The molecule has 0 aliphatic carbocycles. The Labute approximate surface area is 76.6 Å². The maximum Gasteiger partial charge on any atom is 1.00 e. The summed E-state index contributed by atoms with van der Waals surface area (Å²) in [4.78, 5) is 9.67. The van der Waals surface area contributed by atoms with E-state index in [4.69, 9.17) is 10.2 Å². The van der Waals surface area contributed by atoms with Crippen LogP contribution in [0, 0.1) is 0 Å². The Kier molecular flexibility index (Phi) is 11.3. The van der Waals surface area contributed by atoms with Crippen molar-refractivity contribution < 1.29 is 50.7 Å². The Morgan fingerprint density at radius 2 is 2.22 bits per heavy atom. The third-order valence-corrected chi connectivity index (χ3v) is 0.461. The largest absolute Gasteiger partial charge is 1.00 e. The van der Waals surface area contributed by atoms with Gasteiger partial charge in [0.2, 0.25) is 0 Å². The van der Waals surface area contributed by atoms with Crippen molar-refractivity contribution in [1.29, 1.82) is 0 Å². The van der Waals surface area contributed by atoms with E-state index in [9.17, 15) is 4.79 Å². The molecule has 0 saturated heterocycles. The van der Waals surface area contributed by atoms with Crippen molar-refractivity contribution in [2.45, 2.75) is 0 Å². The Hall–Kier alpha value is 0.390. The summed E-state index contributed by atoms with van der Waals surface area (Å²) in [6, 6.07) is 0. The first-order chi connectivity index (χ1) is 3.77. The van der Waals surface area contributed by atoms with Crippen LogP contribution in [0.5, 0.6) is 0 Å². The number of hydrogen-bond donors (Lipinski definition) is 2. The van der Waals surface area contributed by atoms with Gasteiger partial charge in [-0.05, 0) is 0 Å². The zero-order valence-corrected chi connectivity index (χ0v) is 7.33. The van der Waals surface area contributed by atoms with E-state index in [0.717, 1.165) is 0 Å². The first kappa shape index (κ1) is 12.1. The van der Waals surface area contributed by atoms with Gasteiger partial charge in [0.15, 0.2) is 0 Å². The molecule has 0 bridgehead atoms. The topological polar surface area (TPSA) is 66.8 Å². The molecule has 0 amide bonds. The molecular formula is C4H9NaO4. The van der Waals surface area contributed by atoms with Crippen molar-refractivity contribution in [2.24, 2.45) is 0 Å². The SMILES string of the molecule is O=C(O)COCCO.[H-].[Na+]. The van der Waals surface area contributed by atoms with Crippen LogP contribution < -0.4 is 29.6 Å². The van der Waals surface area contributed by atoms with Crippen LogP contribution in [0.15, 0.2) is 0 Å². The minimum Gasteiger partial charge on any atom is -1.00 e. The number of aliphatic hydroxyl groups excluding tert-OH is 1. The van der Waals surface area contributed by atoms with Gasteiger partial charge in [0, 0.05) is 0 Å². The second kappa shape index (κ2) is 8.39. The molecule has 0 rings (SSSR count). The normalized spacial score (nSPS) is 8.11. The van der Waals surface area contributed by atoms with Gasteiger partial charge < -0.3 is 16.4 Å².